The van der Waals surface area contributed by atoms with Crippen molar-refractivity contribution in [3.05, 3.63) is 0 Å². The van der Waals surface area contributed by atoms with Gasteiger partial charge >= 0.3 is 0 Å². The average Bonchev–Trinajstić information content (AvgIpc) is 2.49. The van der Waals surface area contributed by atoms with E-state index in [1.807, 2.05) is 0 Å². The molecule has 0 saturated carbocycles. The van der Waals surface area contributed by atoms with Gasteiger partial charge in [-0.05, 0) is 38.8 Å². The zero-order chi connectivity index (χ0) is 14.4. The summed E-state index contributed by atoms with van der Waals surface area (Å²) in [6.07, 6.45) is 3.42. The fraction of sp³-hybridized carbons (Fsp3) is 1.00. The molecule has 0 spiro atoms. The van der Waals surface area contributed by atoms with Gasteiger partial charge in [-0.3, -0.25) is 0 Å². The van der Waals surface area contributed by atoms with Crippen molar-refractivity contribution in [2.45, 2.75) is 30.9 Å². The monoisotopic (exact) mass is 305 g/mol. The normalized spacial score (nSPS) is 24.1. The zero-order valence-corrected chi connectivity index (χ0v) is 13.0. The summed E-state index contributed by atoms with van der Waals surface area (Å²) in [5.41, 5.74) is 5.49. The number of unbranched alkanes of at least 4 members (excludes halogenated alkanes) is 1. The number of nitrogens with two attached hydrogens (primary N) is 1. The van der Waals surface area contributed by atoms with Crippen molar-refractivity contribution in [1.82, 2.24) is 9.21 Å². The van der Waals surface area contributed by atoms with Gasteiger partial charge in [-0.15, -0.1) is 0 Å². The lowest BCUT2D eigenvalue weighted by molar-refractivity contribution is 0.0962. The highest BCUT2D eigenvalue weighted by Crippen LogP contribution is 2.21. The van der Waals surface area contributed by atoms with E-state index in [4.69, 9.17) is 10.5 Å². The van der Waals surface area contributed by atoms with Gasteiger partial charge in [0.2, 0.25) is 10.0 Å². The minimum Gasteiger partial charge on any atom is -0.381 e. The molecule has 0 aromatic carbocycles. The van der Waals surface area contributed by atoms with E-state index < -0.39 is 10.0 Å². The average molecular weight is 305 g/mol. The van der Waals surface area contributed by atoms with Crippen LogP contribution >= 0.6 is 0 Å². The van der Waals surface area contributed by atoms with E-state index >= 15 is 0 Å². The van der Waals surface area contributed by atoms with Gasteiger partial charge in [0.25, 0.3) is 0 Å². The Hall–Kier alpha value is -0.210. The molecule has 0 radical (unpaired) electrons. The fourth-order valence-corrected chi connectivity index (χ4v) is 4.75. The third-order valence-corrected chi connectivity index (χ3v) is 6.61. The first-order valence-electron chi connectivity index (χ1n) is 7.63. The summed E-state index contributed by atoms with van der Waals surface area (Å²) in [7, 11) is -3.13. The first-order valence-corrected chi connectivity index (χ1v) is 9.14. The van der Waals surface area contributed by atoms with Crippen molar-refractivity contribution in [3.63, 3.8) is 0 Å². The fourth-order valence-electron chi connectivity index (χ4n) is 2.87. The van der Waals surface area contributed by atoms with E-state index in [-0.39, 0.29) is 5.25 Å². The number of nitrogens with zero attached hydrogens (tertiary/aromatic N) is 2. The van der Waals surface area contributed by atoms with Gasteiger partial charge in [-0.25, -0.2) is 8.42 Å². The molecule has 6 nitrogen and oxygen atoms in total. The van der Waals surface area contributed by atoms with Crippen LogP contribution < -0.4 is 5.73 Å². The maximum atomic E-state index is 12.5. The van der Waals surface area contributed by atoms with E-state index in [0.29, 0.717) is 39.1 Å². The molecular formula is C13H27N3O3S. The van der Waals surface area contributed by atoms with Gasteiger partial charge in [0.1, 0.15) is 0 Å². The SMILES string of the molecule is NCCCCN1CCN(S(=O)(=O)C2CCOCC2)CC1. The molecule has 118 valence electrons. The lowest BCUT2D eigenvalue weighted by atomic mass is 10.2. The Balaban J connectivity index is 1.80. The second-order valence-electron chi connectivity index (χ2n) is 5.59. The molecule has 0 aromatic heterocycles. The standard InChI is InChI=1S/C13H27N3O3S/c14-5-1-2-6-15-7-9-16(10-8-15)20(17,18)13-3-11-19-12-4-13/h13H,1-12,14H2. The molecule has 2 aliphatic heterocycles. The summed E-state index contributed by atoms with van der Waals surface area (Å²) < 4.78 is 32.0. The van der Waals surface area contributed by atoms with Crippen molar-refractivity contribution < 1.29 is 13.2 Å². The Morgan fingerprint density at radius 3 is 2.30 bits per heavy atom. The lowest BCUT2D eigenvalue weighted by Crippen LogP contribution is -2.51. The molecule has 2 rings (SSSR count). The molecule has 2 fully saturated rings. The second kappa shape index (κ2) is 7.70. The van der Waals surface area contributed by atoms with Crippen molar-refractivity contribution in [2.75, 3.05) is 52.5 Å². The van der Waals surface area contributed by atoms with Crippen LogP contribution in [0.25, 0.3) is 0 Å². The third kappa shape index (κ3) is 4.14. The molecular weight excluding hydrogens is 278 g/mol. The lowest BCUT2D eigenvalue weighted by Gasteiger charge is -2.36. The van der Waals surface area contributed by atoms with E-state index in [0.717, 1.165) is 39.0 Å². The molecule has 2 aliphatic rings. The van der Waals surface area contributed by atoms with Gasteiger partial charge < -0.3 is 15.4 Å². The van der Waals surface area contributed by atoms with Crippen LogP contribution in [0, 0.1) is 0 Å². The predicted octanol–water partition coefficient (Wildman–Crippen LogP) is -0.148. The number of sulfonamides is 1. The van der Waals surface area contributed by atoms with Crippen LogP contribution in [0.3, 0.4) is 0 Å². The molecule has 20 heavy (non-hydrogen) atoms. The van der Waals surface area contributed by atoms with Gasteiger partial charge in [0.15, 0.2) is 0 Å². The van der Waals surface area contributed by atoms with E-state index in [2.05, 4.69) is 4.90 Å². The summed E-state index contributed by atoms with van der Waals surface area (Å²) in [5, 5.41) is -0.236. The van der Waals surface area contributed by atoms with E-state index in [1.54, 1.807) is 4.31 Å². The zero-order valence-electron chi connectivity index (χ0n) is 12.2. The van der Waals surface area contributed by atoms with Crippen LogP contribution in [-0.4, -0.2) is 75.4 Å². The van der Waals surface area contributed by atoms with Crippen molar-refractivity contribution >= 4 is 10.0 Å². The molecule has 2 N–H and O–H groups in total. The molecule has 2 heterocycles. The summed E-state index contributed by atoms with van der Waals surface area (Å²) in [6.45, 7) is 5.84. The number of ether oxygens (including phenoxy) is 1. The van der Waals surface area contributed by atoms with Crippen molar-refractivity contribution in [3.8, 4) is 0 Å². The first kappa shape index (κ1) is 16.2. The smallest absolute Gasteiger partial charge is 0.217 e. The molecule has 0 unspecified atom stereocenters. The highest BCUT2D eigenvalue weighted by atomic mass is 32.2. The van der Waals surface area contributed by atoms with Crippen LogP contribution in [0.15, 0.2) is 0 Å². The molecule has 0 aromatic rings. The maximum Gasteiger partial charge on any atom is 0.217 e. The van der Waals surface area contributed by atoms with E-state index in [9.17, 15) is 8.42 Å². The first-order chi connectivity index (χ1) is 9.64. The van der Waals surface area contributed by atoms with E-state index in [1.165, 1.54) is 0 Å². The maximum absolute atomic E-state index is 12.5. The van der Waals surface area contributed by atoms with Crippen molar-refractivity contribution in [2.24, 2.45) is 5.73 Å². The summed E-state index contributed by atoms with van der Waals surface area (Å²) in [6, 6.07) is 0. The Bertz CT molecular complexity index is 374. The second-order valence-corrected chi connectivity index (χ2v) is 7.81. The molecule has 0 bridgehead atoms. The van der Waals surface area contributed by atoms with Gasteiger partial charge in [-0.2, -0.15) is 4.31 Å². The number of piperazine rings is 1. The Labute approximate surface area is 122 Å². The third-order valence-electron chi connectivity index (χ3n) is 4.21. The largest absolute Gasteiger partial charge is 0.381 e. The minimum atomic E-state index is -3.13. The van der Waals surface area contributed by atoms with Gasteiger partial charge in [-0.1, -0.05) is 0 Å². The van der Waals surface area contributed by atoms with Gasteiger partial charge in [0, 0.05) is 39.4 Å². The summed E-state index contributed by atoms with van der Waals surface area (Å²) in [5.74, 6) is 0. The molecule has 0 aliphatic carbocycles. The number of hydrogen-bond acceptors (Lipinski definition) is 5. The Morgan fingerprint density at radius 2 is 1.70 bits per heavy atom. The number of rotatable bonds is 6. The number of hydrogen-bond donors (Lipinski definition) is 1. The molecule has 0 atom stereocenters. The highest BCUT2D eigenvalue weighted by Gasteiger charge is 2.34. The highest BCUT2D eigenvalue weighted by molar-refractivity contribution is 7.89. The topological polar surface area (TPSA) is 75.9 Å². The van der Waals surface area contributed by atoms with Crippen LogP contribution in [-0.2, 0) is 14.8 Å². The van der Waals surface area contributed by atoms with Crippen LogP contribution in [0.1, 0.15) is 25.7 Å². The molecule has 0 amide bonds. The van der Waals surface area contributed by atoms with Gasteiger partial charge in [0.05, 0.1) is 5.25 Å². The predicted molar refractivity (Wildman–Crippen MR) is 79.1 cm³/mol. The minimum absolute atomic E-state index is 0.236. The van der Waals surface area contributed by atoms with Crippen molar-refractivity contribution in [1.29, 1.82) is 0 Å². The summed E-state index contributed by atoms with van der Waals surface area (Å²) in [4.78, 5) is 2.34. The van der Waals surface area contributed by atoms with Crippen LogP contribution in [0.4, 0.5) is 0 Å². The van der Waals surface area contributed by atoms with Crippen LogP contribution in [0.2, 0.25) is 0 Å². The Morgan fingerprint density at radius 1 is 1.05 bits per heavy atom. The van der Waals surface area contributed by atoms with Crippen LogP contribution in [0.5, 0.6) is 0 Å². The molecule has 2 saturated heterocycles. The quantitative estimate of drug-likeness (QED) is 0.691. The summed E-state index contributed by atoms with van der Waals surface area (Å²) >= 11 is 0. The Kier molecular flexibility index (Phi) is 6.22. The molecule has 7 heteroatoms.